The molecule has 19 heavy (non-hydrogen) atoms. The van der Waals surface area contributed by atoms with E-state index in [-0.39, 0.29) is 24.9 Å². The normalized spacial score (nSPS) is 11.7. The number of hydrogen-bond acceptors (Lipinski definition) is 3. The van der Waals surface area contributed by atoms with Crippen molar-refractivity contribution in [2.45, 2.75) is 26.4 Å². The molecular formula is C14H20N2O3. The first-order valence-electron chi connectivity index (χ1n) is 6.32. The Morgan fingerprint density at radius 2 is 2.05 bits per heavy atom. The summed E-state index contributed by atoms with van der Waals surface area (Å²) in [6.45, 7) is 3.84. The highest BCUT2D eigenvalue weighted by Crippen LogP contribution is 2.03. The Balaban J connectivity index is 2.36. The lowest BCUT2D eigenvalue weighted by Crippen LogP contribution is -2.39. The number of aliphatic hydroxyl groups excluding tert-OH is 1. The van der Waals surface area contributed by atoms with E-state index >= 15 is 0 Å². The fourth-order valence-electron chi connectivity index (χ4n) is 1.49. The van der Waals surface area contributed by atoms with Gasteiger partial charge in [-0.25, -0.2) is 0 Å². The van der Waals surface area contributed by atoms with Crippen LogP contribution in [0.2, 0.25) is 0 Å². The summed E-state index contributed by atoms with van der Waals surface area (Å²) in [5, 5.41) is 14.4. The van der Waals surface area contributed by atoms with Crippen molar-refractivity contribution in [1.29, 1.82) is 0 Å². The summed E-state index contributed by atoms with van der Waals surface area (Å²) < 4.78 is 0. The van der Waals surface area contributed by atoms with Crippen LogP contribution < -0.4 is 10.6 Å². The largest absolute Gasteiger partial charge is 0.391 e. The molecule has 0 aliphatic heterocycles. The van der Waals surface area contributed by atoms with Gasteiger partial charge in [0.05, 0.1) is 12.6 Å². The fourth-order valence-corrected chi connectivity index (χ4v) is 1.49. The molecule has 5 heteroatoms. The van der Waals surface area contributed by atoms with Gasteiger partial charge in [0.1, 0.15) is 0 Å². The molecule has 0 aliphatic rings. The molecule has 0 saturated carbocycles. The van der Waals surface area contributed by atoms with Gasteiger partial charge in [-0.1, -0.05) is 24.6 Å². The van der Waals surface area contributed by atoms with Crippen LogP contribution in [0, 0.1) is 6.92 Å². The van der Waals surface area contributed by atoms with Gasteiger partial charge in [0.25, 0.3) is 5.91 Å². The van der Waals surface area contributed by atoms with E-state index in [4.69, 9.17) is 0 Å². The van der Waals surface area contributed by atoms with Crippen molar-refractivity contribution in [2.24, 2.45) is 0 Å². The molecule has 0 fully saturated rings. The van der Waals surface area contributed by atoms with Crippen molar-refractivity contribution < 1.29 is 14.7 Å². The van der Waals surface area contributed by atoms with Crippen LogP contribution in [0.3, 0.4) is 0 Å². The van der Waals surface area contributed by atoms with Gasteiger partial charge in [-0.05, 0) is 25.5 Å². The molecule has 104 valence electrons. The van der Waals surface area contributed by atoms with Crippen molar-refractivity contribution in [3.05, 3.63) is 35.4 Å². The van der Waals surface area contributed by atoms with Crippen LogP contribution in [-0.2, 0) is 4.79 Å². The van der Waals surface area contributed by atoms with Crippen LogP contribution in [0.25, 0.3) is 0 Å². The number of aryl methyl sites for hydroxylation is 1. The minimum Gasteiger partial charge on any atom is -0.391 e. The maximum atomic E-state index is 11.8. The van der Waals surface area contributed by atoms with E-state index in [0.717, 1.165) is 5.56 Å². The number of nitrogens with one attached hydrogen (secondary N) is 2. The number of amides is 2. The lowest BCUT2D eigenvalue weighted by atomic mass is 10.1. The van der Waals surface area contributed by atoms with Crippen LogP contribution in [0.4, 0.5) is 0 Å². The Morgan fingerprint density at radius 1 is 1.32 bits per heavy atom. The molecule has 5 nitrogen and oxygen atoms in total. The molecule has 0 spiro atoms. The van der Waals surface area contributed by atoms with E-state index in [1.807, 2.05) is 19.9 Å². The molecule has 3 N–H and O–H groups in total. The number of rotatable bonds is 6. The fraction of sp³-hybridized carbons (Fsp3) is 0.429. The molecule has 0 heterocycles. The lowest BCUT2D eigenvalue weighted by molar-refractivity contribution is -0.120. The molecule has 1 rings (SSSR count). The van der Waals surface area contributed by atoms with Crippen molar-refractivity contribution in [2.75, 3.05) is 13.1 Å². The van der Waals surface area contributed by atoms with Gasteiger partial charge in [0.2, 0.25) is 5.91 Å². The second kappa shape index (κ2) is 7.53. The summed E-state index contributed by atoms with van der Waals surface area (Å²) in [4.78, 5) is 23.2. The van der Waals surface area contributed by atoms with Crippen LogP contribution in [0.15, 0.2) is 24.3 Å². The van der Waals surface area contributed by atoms with Crippen LogP contribution >= 0.6 is 0 Å². The highest BCUT2D eigenvalue weighted by Gasteiger charge is 2.09. The third-order valence-corrected chi connectivity index (χ3v) is 2.70. The summed E-state index contributed by atoms with van der Waals surface area (Å²) in [5.74, 6) is -0.594. The number of hydrogen-bond donors (Lipinski definition) is 3. The molecule has 0 saturated heterocycles. The molecule has 2 amide bonds. The maximum Gasteiger partial charge on any atom is 0.251 e. The molecule has 1 aromatic carbocycles. The summed E-state index contributed by atoms with van der Waals surface area (Å²) in [7, 11) is 0. The van der Waals surface area contributed by atoms with E-state index in [9.17, 15) is 14.7 Å². The quantitative estimate of drug-likeness (QED) is 0.704. The minimum absolute atomic E-state index is 0.0940. The first-order valence-corrected chi connectivity index (χ1v) is 6.32. The number of carbonyl (C=O) groups excluding carboxylic acids is 2. The molecule has 0 aliphatic carbocycles. The molecule has 1 aromatic rings. The average molecular weight is 264 g/mol. The van der Waals surface area contributed by atoms with Crippen LogP contribution in [-0.4, -0.2) is 36.1 Å². The first kappa shape index (κ1) is 15.2. The SMILES string of the molecule is CCC(O)CNC(=O)CNC(=O)c1cccc(C)c1. The summed E-state index contributed by atoms with van der Waals surface area (Å²) in [5.41, 5.74) is 1.52. The molecule has 1 unspecified atom stereocenters. The number of carbonyl (C=O) groups is 2. The highest BCUT2D eigenvalue weighted by molar-refractivity contribution is 5.96. The zero-order valence-corrected chi connectivity index (χ0v) is 11.3. The van der Waals surface area contributed by atoms with Gasteiger partial charge in [-0.15, -0.1) is 0 Å². The lowest BCUT2D eigenvalue weighted by Gasteiger charge is -2.10. The number of aliphatic hydroxyl groups is 1. The monoisotopic (exact) mass is 264 g/mol. The first-order chi connectivity index (χ1) is 9.02. The van der Waals surface area contributed by atoms with E-state index < -0.39 is 6.10 Å². The highest BCUT2D eigenvalue weighted by atomic mass is 16.3. The van der Waals surface area contributed by atoms with Gasteiger partial charge in [0, 0.05) is 12.1 Å². The van der Waals surface area contributed by atoms with Crippen molar-refractivity contribution in [3.8, 4) is 0 Å². The Labute approximate surface area is 113 Å². The third kappa shape index (κ3) is 5.52. The van der Waals surface area contributed by atoms with E-state index in [0.29, 0.717) is 12.0 Å². The summed E-state index contributed by atoms with van der Waals surface area (Å²) >= 11 is 0. The standard InChI is InChI=1S/C14H20N2O3/c1-3-12(17)8-15-13(18)9-16-14(19)11-6-4-5-10(2)7-11/h4-7,12,17H,3,8-9H2,1-2H3,(H,15,18)(H,16,19). The average Bonchev–Trinajstić information content (AvgIpc) is 2.41. The smallest absolute Gasteiger partial charge is 0.251 e. The van der Waals surface area contributed by atoms with Gasteiger partial charge >= 0.3 is 0 Å². The van der Waals surface area contributed by atoms with Crippen molar-refractivity contribution in [1.82, 2.24) is 10.6 Å². The van der Waals surface area contributed by atoms with Crippen molar-refractivity contribution >= 4 is 11.8 Å². The van der Waals surface area contributed by atoms with E-state index in [2.05, 4.69) is 10.6 Å². The second-order valence-electron chi connectivity index (χ2n) is 4.42. The minimum atomic E-state index is -0.545. The summed E-state index contributed by atoms with van der Waals surface area (Å²) in [6.07, 6.45) is 0.0343. The molecule has 0 bridgehead atoms. The van der Waals surface area contributed by atoms with E-state index in [1.54, 1.807) is 18.2 Å². The summed E-state index contributed by atoms with van der Waals surface area (Å²) in [6, 6.07) is 7.15. The predicted molar refractivity (Wildman–Crippen MR) is 72.8 cm³/mol. The Kier molecular flexibility index (Phi) is 6.02. The second-order valence-corrected chi connectivity index (χ2v) is 4.42. The predicted octanol–water partition coefficient (Wildman–Crippen LogP) is 0.612. The molecule has 0 aromatic heterocycles. The van der Waals surface area contributed by atoms with Gasteiger partial charge in [-0.3, -0.25) is 9.59 Å². The van der Waals surface area contributed by atoms with Crippen LogP contribution in [0.5, 0.6) is 0 Å². The zero-order chi connectivity index (χ0) is 14.3. The van der Waals surface area contributed by atoms with Crippen molar-refractivity contribution in [3.63, 3.8) is 0 Å². The van der Waals surface area contributed by atoms with Gasteiger partial charge in [0.15, 0.2) is 0 Å². The molecule has 1 atom stereocenters. The number of benzene rings is 1. The van der Waals surface area contributed by atoms with Crippen LogP contribution in [0.1, 0.15) is 29.3 Å². The Hall–Kier alpha value is -1.88. The molecule has 0 radical (unpaired) electrons. The topological polar surface area (TPSA) is 78.4 Å². The third-order valence-electron chi connectivity index (χ3n) is 2.70. The maximum absolute atomic E-state index is 11.8. The zero-order valence-electron chi connectivity index (χ0n) is 11.3. The van der Waals surface area contributed by atoms with E-state index in [1.165, 1.54) is 0 Å². The van der Waals surface area contributed by atoms with Gasteiger partial charge in [-0.2, -0.15) is 0 Å². The Morgan fingerprint density at radius 3 is 2.68 bits per heavy atom. The van der Waals surface area contributed by atoms with Gasteiger partial charge < -0.3 is 15.7 Å². The molecular weight excluding hydrogens is 244 g/mol. The Bertz CT molecular complexity index is 446.